The Morgan fingerprint density at radius 3 is 1.23 bits per heavy atom. The third-order valence-corrected chi connectivity index (χ3v) is 10.3. The van der Waals surface area contributed by atoms with Gasteiger partial charge in [0.25, 0.3) is 0 Å². The van der Waals surface area contributed by atoms with Crippen LogP contribution in [0.25, 0.3) is 103 Å². The number of aromatic nitrogens is 5. The zero-order valence-electron chi connectivity index (χ0n) is 30.4. The molecule has 0 saturated heterocycles. The molecule has 4 aromatic heterocycles. The number of hydrogen-bond donors (Lipinski definition) is 2. The maximum absolute atomic E-state index is 5.47. The van der Waals surface area contributed by atoms with Gasteiger partial charge in [-0.3, -0.25) is 4.98 Å². The van der Waals surface area contributed by atoms with Crippen LogP contribution < -0.4 is 0 Å². The smallest absolute Gasteiger partial charge is 0.0737 e. The van der Waals surface area contributed by atoms with Gasteiger partial charge in [0.1, 0.15) is 0 Å². The van der Waals surface area contributed by atoms with E-state index in [0.717, 1.165) is 101 Å². The molecule has 2 aliphatic rings. The third-order valence-electron chi connectivity index (χ3n) is 10.3. The molecule has 0 radical (unpaired) electrons. The number of fused-ring (bicyclic) bond motifs is 8. The number of H-pyrrole nitrogens is 2. The zero-order valence-corrected chi connectivity index (χ0v) is 30.4. The first-order valence-electron chi connectivity index (χ1n) is 18.8. The second kappa shape index (κ2) is 14.3. The summed E-state index contributed by atoms with van der Waals surface area (Å²) in [5, 5.41) is 0. The summed E-state index contributed by atoms with van der Waals surface area (Å²) in [6.07, 6.45) is 14.6. The van der Waals surface area contributed by atoms with Crippen LogP contribution in [0.2, 0.25) is 0 Å². The van der Waals surface area contributed by atoms with Crippen LogP contribution in [0.1, 0.15) is 34.0 Å². The van der Waals surface area contributed by atoms with Crippen molar-refractivity contribution < 1.29 is 0 Å². The topological polar surface area (TPSA) is 70.2 Å². The van der Waals surface area contributed by atoms with Crippen LogP contribution in [0.3, 0.4) is 0 Å². The molecule has 6 heterocycles. The van der Waals surface area contributed by atoms with Gasteiger partial charge in [0, 0.05) is 50.5 Å². The van der Waals surface area contributed by atoms with Gasteiger partial charge in [-0.15, -0.1) is 0 Å². The van der Waals surface area contributed by atoms with Crippen molar-refractivity contribution in [2.45, 2.75) is 0 Å². The number of nitrogens with one attached hydrogen (secondary N) is 2. The van der Waals surface area contributed by atoms with E-state index < -0.39 is 0 Å². The Balaban J connectivity index is 1.35. The van der Waals surface area contributed by atoms with Crippen molar-refractivity contribution in [3.05, 3.63) is 198 Å². The Hall–Kier alpha value is -7.63. The molecule has 264 valence electrons. The number of pyridine rings is 1. The van der Waals surface area contributed by atoms with Crippen molar-refractivity contribution in [2.75, 3.05) is 0 Å². The molecular formula is C51H35N5. The van der Waals surface area contributed by atoms with Crippen molar-refractivity contribution in [3.63, 3.8) is 0 Å². The first-order valence-corrected chi connectivity index (χ1v) is 18.8. The Morgan fingerprint density at radius 1 is 0.357 bits per heavy atom. The molecule has 2 aliphatic heterocycles. The minimum atomic E-state index is 0.867. The lowest BCUT2D eigenvalue weighted by atomic mass is 9.97. The van der Waals surface area contributed by atoms with Crippen LogP contribution in [-0.4, -0.2) is 24.9 Å². The van der Waals surface area contributed by atoms with Crippen LogP contribution in [0.4, 0.5) is 0 Å². The van der Waals surface area contributed by atoms with Crippen molar-refractivity contribution in [3.8, 4) is 44.5 Å². The normalized spacial score (nSPS) is 12.1. The molecule has 2 N–H and O–H groups in total. The molecule has 8 aromatic rings. The third kappa shape index (κ3) is 6.17. The highest BCUT2D eigenvalue weighted by Gasteiger charge is 2.19. The summed E-state index contributed by atoms with van der Waals surface area (Å²) in [7, 11) is 0. The van der Waals surface area contributed by atoms with Crippen molar-refractivity contribution in [2.24, 2.45) is 0 Å². The van der Waals surface area contributed by atoms with Gasteiger partial charge < -0.3 is 9.97 Å². The molecule has 5 nitrogen and oxygen atoms in total. The Bertz CT molecular complexity index is 2950. The fraction of sp³-hybridized carbons (Fsp3) is 0. The molecule has 0 spiro atoms. The lowest BCUT2D eigenvalue weighted by Gasteiger charge is -2.09. The lowest BCUT2D eigenvalue weighted by Crippen LogP contribution is -1.91. The summed E-state index contributed by atoms with van der Waals surface area (Å²) < 4.78 is 0. The lowest BCUT2D eigenvalue weighted by molar-refractivity contribution is 1.30. The van der Waals surface area contributed by atoms with Crippen molar-refractivity contribution >= 4 is 58.5 Å². The molecule has 5 heteroatoms. The summed E-state index contributed by atoms with van der Waals surface area (Å²) in [5.41, 5.74) is 17.7. The van der Waals surface area contributed by atoms with E-state index in [1.807, 2.05) is 42.6 Å². The quantitative estimate of drug-likeness (QED) is 0.180. The van der Waals surface area contributed by atoms with E-state index in [9.17, 15) is 0 Å². The molecule has 56 heavy (non-hydrogen) atoms. The highest BCUT2D eigenvalue weighted by molar-refractivity contribution is 6.00. The summed E-state index contributed by atoms with van der Waals surface area (Å²) in [4.78, 5) is 23.1. The molecule has 10 rings (SSSR count). The molecule has 0 atom stereocenters. The van der Waals surface area contributed by atoms with Crippen LogP contribution >= 0.6 is 0 Å². The highest BCUT2D eigenvalue weighted by Crippen LogP contribution is 2.39. The van der Waals surface area contributed by atoms with Gasteiger partial charge in [0.2, 0.25) is 0 Å². The van der Waals surface area contributed by atoms with E-state index in [4.69, 9.17) is 9.97 Å². The molecule has 8 bridgehead atoms. The number of benzene rings is 4. The van der Waals surface area contributed by atoms with Gasteiger partial charge >= 0.3 is 0 Å². The van der Waals surface area contributed by atoms with E-state index in [1.165, 1.54) is 0 Å². The second-order valence-electron chi connectivity index (χ2n) is 13.8. The zero-order chi connectivity index (χ0) is 37.3. The number of hydrogen-bond acceptors (Lipinski definition) is 3. The summed E-state index contributed by atoms with van der Waals surface area (Å²) in [5.74, 6) is 0. The molecule has 0 saturated carbocycles. The first-order chi connectivity index (χ1) is 27.8. The SMILES string of the molecule is C1=Cc2nc1c(-c1ccccc1)c1ccc([nH]1)c(-c1ccccc1)c1nc(c(-c3ccccc3/C=C/c3ccccn3)c3ccc([nH]3)c2-c2ccccc2)C=C1. The van der Waals surface area contributed by atoms with E-state index in [-0.39, 0.29) is 0 Å². The average Bonchev–Trinajstić information content (AvgIpc) is 4.10. The Morgan fingerprint density at radius 2 is 0.768 bits per heavy atom. The van der Waals surface area contributed by atoms with Crippen LogP contribution in [0.5, 0.6) is 0 Å². The van der Waals surface area contributed by atoms with Gasteiger partial charge in [0.15, 0.2) is 0 Å². The van der Waals surface area contributed by atoms with Gasteiger partial charge in [-0.1, -0.05) is 127 Å². The Labute approximate surface area is 324 Å². The van der Waals surface area contributed by atoms with Gasteiger partial charge in [0.05, 0.1) is 28.5 Å². The fourth-order valence-electron chi connectivity index (χ4n) is 7.73. The molecule has 4 aromatic carbocycles. The van der Waals surface area contributed by atoms with E-state index >= 15 is 0 Å². The second-order valence-corrected chi connectivity index (χ2v) is 13.8. The Kier molecular flexibility index (Phi) is 8.43. The monoisotopic (exact) mass is 717 g/mol. The van der Waals surface area contributed by atoms with Gasteiger partial charge in [-0.05, 0) is 94.6 Å². The van der Waals surface area contributed by atoms with E-state index in [2.05, 4.69) is 173 Å². The fourth-order valence-corrected chi connectivity index (χ4v) is 7.73. The number of rotatable bonds is 6. The van der Waals surface area contributed by atoms with Crippen LogP contribution in [0.15, 0.2) is 164 Å². The minimum Gasteiger partial charge on any atom is -0.354 e. The van der Waals surface area contributed by atoms with Crippen LogP contribution in [-0.2, 0) is 0 Å². The summed E-state index contributed by atoms with van der Waals surface area (Å²) in [6.45, 7) is 0. The van der Waals surface area contributed by atoms with Gasteiger partial charge in [-0.25, -0.2) is 9.97 Å². The maximum atomic E-state index is 5.47. The predicted octanol–water partition coefficient (Wildman–Crippen LogP) is 12.9. The van der Waals surface area contributed by atoms with Crippen molar-refractivity contribution in [1.29, 1.82) is 0 Å². The molecule has 0 aliphatic carbocycles. The predicted molar refractivity (Wildman–Crippen MR) is 234 cm³/mol. The number of aromatic amines is 2. The standard InChI is InChI=1S/C51H35N5/c1-4-15-35(16-5-1)48-40-25-27-42(53-40)49(36-17-6-2-7-18-36)44-29-31-46(55-44)51(39-22-11-10-14-34(39)23-24-38-21-12-13-33-52-38)47-32-30-45(56-47)50(37-19-8-3-9-20-37)43-28-26-41(48)54-43/h1-33,53,56H/b24-23+,48-40?,48-41?,49-42?,49-44?,50-43?,50-45?,51-46?,51-47?. The summed E-state index contributed by atoms with van der Waals surface area (Å²) in [6, 6.07) is 54.6. The van der Waals surface area contributed by atoms with E-state index in [1.54, 1.807) is 0 Å². The molecule has 0 amide bonds. The van der Waals surface area contributed by atoms with Crippen LogP contribution in [0, 0.1) is 0 Å². The number of nitrogens with zero attached hydrogens (tertiary/aromatic N) is 3. The molecule has 0 unspecified atom stereocenters. The maximum Gasteiger partial charge on any atom is 0.0737 e. The van der Waals surface area contributed by atoms with Gasteiger partial charge in [-0.2, -0.15) is 0 Å². The highest BCUT2D eigenvalue weighted by atomic mass is 14.8. The van der Waals surface area contributed by atoms with E-state index in [0.29, 0.717) is 0 Å². The summed E-state index contributed by atoms with van der Waals surface area (Å²) >= 11 is 0. The molecule has 0 fully saturated rings. The average molecular weight is 718 g/mol. The molecular weight excluding hydrogens is 683 g/mol. The minimum absolute atomic E-state index is 0.867. The van der Waals surface area contributed by atoms with Crippen molar-refractivity contribution in [1.82, 2.24) is 24.9 Å². The first kappa shape index (κ1) is 33.0. The largest absolute Gasteiger partial charge is 0.354 e.